The van der Waals surface area contributed by atoms with E-state index in [1.165, 1.54) is 0 Å². The molecule has 0 saturated carbocycles. The van der Waals surface area contributed by atoms with Crippen LogP contribution in [0, 0.1) is 0 Å². The van der Waals surface area contributed by atoms with Crippen molar-refractivity contribution in [2.75, 3.05) is 0 Å². The van der Waals surface area contributed by atoms with Crippen LogP contribution < -0.4 is 5.73 Å². The molecule has 0 spiro atoms. The van der Waals surface area contributed by atoms with Gasteiger partial charge in [0, 0.05) is 6.04 Å². The van der Waals surface area contributed by atoms with Gasteiger partial charge >= 0.3 is 12.1 Å². The van der Waals surface area contributed by atoms with Gasteiger partial charge < -0.3 is 15.9 Å². The lowest BCUT2D eigenvalue weighted by atomic mass is 10.0. The second-order valence-electron chi connectivity index (χ2n) is 3.52. The third-order valence-electron chi connectivity index (χ3n) is 2.09. The molecule has 0 bridgehead atoms. The largest absolute Gasteiger partial charge is 0.508 e. The van der Waals surface area contributed by atoms with Crippen LogP contribution in [0.1, 0.15) is 23.6 Å². The van der Waals surface area contributed by atoms with E-state index in [0.717, 1.165) is 12.1 Å². The topological polar surface area (TPSA) is 83.6 Å². The van der Waals surface area contributed by atoms with E-state index in [1.54, 1.807) is 0 Å². The van der Waals surface area contributed by atoms with Crippen LogP contribution in [0.2, 0.25) is 0 Å². The predicted octanol–water partition coefficient (Wildman–Crippen LogP) is 1.89. The highest BCUT2D eigenvalue weighted by Crippen LogP contribution is 2.33. The van der Waals surface area contributed by atoms with E-state index in [4.69, 9.17) is 15.9 Å². The Kier molecular flexibility index (Phi) is 3.62. The lowest BCUT2D eigenvalue weighted by Crippen LogP contribution is -2.16. The molecule has 0 heterocycles. The molecule has 0 aromatic heterocycles. The SMILES string of the molecule is N[C@@H](CC(=O)O)c1cc(O)cc(C(F)(F)F)c1. The van der Waals surface area contributed by atoms with Gasteiger partial charge in [-0.15, -0.1) is 0 Å². The molecule has 0 aliphatic carbocycles. The van der Waals surface area contributed by atoms with Crippen LogP contribution in [-0.2, 0) is 11.0 Å². The summed E-state index contributed by atoms with van der Waals surface area (Å²) in [5.41, 5.74) is 4.29. The summed E-state index contributed by atoms with van der Waals surface area (Å²) in [6.07, 6.45) is -5.13. The summed E-state index contributed by atoms with van der Waals surface area (Å²) in [6.45, 7) is 0. The average Bonchev–Trinajstić information content (AvgIpc) is 2.14. The van der Waals surface area contributed by atoms with Gasteiger partial charge in [-0.05, 0) is 23.8 Å². The first-order valence-corrected chi connectivity index (χ1v) is 4.58. The van der Waals surface area contributed by atoms with Gasteiger partial charge in [-0.3, -0.25) is 4.79 Å². The molecule has 0 amide bonds. The van der Waals surface area contributed by atoms with Crippen molar-refractivity contribution in [1.29, 1.82) is 0 Å². The Morgan fingerprint density at radius 3 is 2.41 bits per heavy atom. The maximum atomic E-state index is 12.4. The van der Waals surface area contributed by atoms with Crippen molar-refractivity contribution in [3.8, 4) is 5.75 Å². The fourth-order valence-corrected chi connectivity index (χ4v) is 1.32. The third kappa shape index (κ3) is 3.63. The van der Waals surface area contributed by atoms with Crippen LogP contribution in [0.3, 0.4) is 0 Å². The van der Waals surface area contributed by atoms with Crippen molar-refractivity contribution < 1.29 is 28.2 Å². The number of carboxylic acid groups (broad SMARTS) is 1. The summed E-state index contributed by atoms with van der Waals surface area (Å²) in [5.74, 6) is -1.83. The Bertz CT molecular complexity index is 431. The Balaban J connectivity index is 3.09. The zero-order valence-corrected chi connectivity index (χ0v) is 8.53. The Labute approximate surface area is 94.5 Å². The van der Waals surface area contributed by atoms with Crippen molar-refractivity contribution in [2.45, 2.75) is 18.6 Å². The Hall–Kier alpha value is -1.76. The number of rotatable bonds is 3. The quantitative estimate of drug-likeness (QED) is 0.763. The highest BCUT2D eigenvalue weighted by Gasteiger charge is 2.31. The van der Waals surface area contributed by atoms with Crippen molar-refractivity contribution in [2.24, 2.45) is 5.73 Å². The van der Waals surface area contributed by atoms with Gasteiger partial charge in [0.1, 0.15) is 5.75 Å². The summed E-state index contributed by atoms with van der Waals surface area (Å²) in [5, 5.41) is 17.6. The first kappa shape index (κ1) is 13.3. The van der Waals surface area contributed by atoms with Gasteiger partial charge in [-0.1, -0.05) is 0 Å². The second kappa shape index (κ2) is 4.62. The van der Waals surface area contributed by atoms with Crippen molar-refractivity contribution in [3.05, 3.63) is 29.3 Å². The van der Waals surface area contributed by atoms with E-state index < -0.39 is 35.9 Å². The van der Waals surface area contributed by atoms with Gasteiger partial charge in [-0.2, -0.15) is 13.2 Å². The third-order valence-corrected chi connectivity index (χ3v) is 2.09. The fourth-order valence-electron chi connectivity index (χ4n) is 1.32. The molecule has 1 atom stereocenters. The molecule has 7 heteroatoms. The fraction of sp³-hybridized carbons (Fsp3) is 0.300. The highest BCUT2D eigenvalue weighted by atomic mass is 19.4. The van der Waals surface area contributed by atoms with Crippen LogP contribution >= 0.6 is 0 Å². The van der Waals surface area contributed by atoms with E-state index >= 15 is 0 Å². The molecule has 0 radical (unpaired) electrons. The van der Waals surface area contributed by atoms with Crippen LogP contribution in [0.5, 0.6) is 5.75 Å². The number of hydrogen-bond donors (Lipinski definition) is 3. The number of carboxylic acids is 1. The van der Waals surface area contributed by atoms with E-state index in [1.807, 2.05) is 0 Å². The first-order chi connectivity index (χ1) is 7.70. The molecule has 94 valence electrons. The minimum atomic E-state index is -4.61. The van der Waals surface area contributed by atoms with E-state index in [2.05, 4.69) is 0 Å². The van der Waals surface area contributed by atoms with E-state index in [-0.39, 0.29) is 5.56 Å². The highest BCUT2D eigenvalue weighted by molar-refractivity contribution is 5.68. The number of aliphatic carboxylic acids is 1. The van der Waals surface area contributed by atoms with Crippen LogP contribution in [0.25, 0.3) is 0 Å². The average molecular weight is 249 g/mol. The summed E-state index contributed by atoms with van der Waals surface area (Å²) >= 11 is 0. The predicted molar refractivity (Wildman–Crippen MR) is 52.3 cm³/mol. The second-order valence-corrected chi connectivity index (χ2v) is 3.52. The number of hydrogen-bond acceptors (Lipinski definition) is 3. The van der Waals surface area contributed by atoms with Gasteiger partial charge in [0.15, 0.2) is 0 Å². The molecule has 0 aliphatic heterocycles. The lowest BCUT2D eigenvalue weighted by molar-refractivity contribution is -0.138. The van der Waals surface area contributed by atoms with Crippen LogP contribution in [0.4, 0.5) is 13.2 Å². The molecular weight excluding hydrogens is 239 g/mol. The monoisotopic (exact) mass is 249 g/mol. The zero-order chi connectivity index (χ0) is 13.2. The maximum Gasteiger partial charge on any atom is 0.416 e. The first-order valence-electron chi connectivity index (χ1n) is 4.58. The molecule has 4 nitrogen and oxygen atoms in total. The van der Waals surface area contributed by atoms with E-state index in [0.29, 0.717) is 6.07 Å². The molecule has 0 unspecified atom stereocenters. The zero-order valence-electron chi connectivity index (χ0n) is 8.53. The maximum absolute atomic E-state index is 12.4. The number of phenolic OH excluding ortho intramolecular Hbond substituents is 1. The molecule has 1 aromatic rings. The number of alkyl halides is 3. The van der Waals surface area contributed by atoms with Gasteiger partial charge in [-0.25, -0.2) is 0 Å². The van der Waals surface area contributed by atoms with E-state index in [9.17, 15) is 18.0 Å². The number of phenols is 1. The lowest BCUT2D eigenvalue weighted by Gasteiger charge is -2.13. The molecule has 0 saturated heterocycles. The molecule has 0 fully saturated rings. The number of carbonyl (C=O) groups is 1. The summed E-state index contributed by atoms with van der Waals surface area (Å²) < 4.78 is 37.2. The standard InChI is InChI=1S/C10H10F3NO3/c11-10(12,13)6-1-5(2-7(15)3-6)8(14)4-9(16)17/h1-3,8,15H,4,14H2,(H,16,17)/t8-/m0/s1. The van der Waals surface area contributed by atoms with Gasteiger partial charge in [0.05, 0.1) is 12.0 Å². The van der Waals surface area contributed by atoms with Crippen LogP contribution in [-0.4, -0.2) is 16.2 Å². The molecule has 17 heavy (non-hydrogen) atoms. The Morgan fingerprint density at radius 2 is 1.94 bits per heavy atom. The van der Waals surface area contributed by atoms with Crippen molar-refractivity contribution >= 4 is 5.97 Å². The smallest absolute Gasteiger partial charge is 0.416 e. The molecule has 4 N–H and O–H groups in total. The summed E-state index contributed by atoms with van der Waals surface area (Å²) in [6, 6.07) is 1.20. The number of aromatic hydroxyl groups is 1. The summed E-state index contributed by atoms with van der Waals surface area (Å²) in [7, 11) is 0. The molecule has 1 aromatic carbocycles. The van der Waals surface area contributed by atoms with Crippen molar-refractivity contribution in [3.63, 3.8) is 0 Å². The molecule has 1 rings (SSSR count). The normalized spacial score (nSPS) is 13.4. The molecule has 0 aliphatic rings. The van der Waals surface area contributed by atoms with Gasteiger partial charge in [0.2, 0.25) is 0 Å². The molecular formula is C10H10F3NO3. The Morgan fingerprint density at radius 1 is 1.35 bits per heavy atom. The van der Waals surface area contributed by atoms with Gasteiger partial charge in [0.25, 0.3) is 0 Å². The number of benzene rings is 1. The minimum Gasteiger partial charge on any atom is -0.508 e. The van der Waals surface area contributed by atoms with Crippen molar-refractivity contribution in [1.82, 2.24) is 0 Å². The van der Waals surface area contributed by atoms with Crippen LogP contribution in [0.15, 0.2) is 18.2 Å². The number of nitrogens with two attached hydrogens (primary N) is 1. The number of halogens is 3. The summed E-state index contributed by atoms with van der Waals surface area (Å²) in [4.78, 5) is 10.4. The minimum absolute atomic E-state index is 0.0697.